The molecule has 2 saturated heterocycles. The first-order chi connectivity index (χ1) is 17.6. The highest BCUT2D eigenvalue weighted by atomic mass is 32.1. The molecule has 3 aliphatic rings. The molecule has 3 aliphatic heterocycles. The van der Waals surface area contributed by atoms with Crippen molar-refractivity contribution < 1.29 is 4.79 Å². The second-order valence-corrected chi connectivity index (χ2v) is 11.3. The number of hydrogen-bond acceptors (Lipinski definition) is 6. The van der Waals surface area contributed by atoms with Crippen molar-refractivity contribution in [1.82, 2.24) is 19.8 Å². The summed E-state index contributed by atoms with van der Waals surface area (Å²) in [5, 5.41) is 4.12. The molecule has 1 N–H and O–H groups in total. The van der Waals surface area contributed by atoms with Crippen LogP contribution in [0.1, 0.15) is 47.5 Å². The van der Waals surface area contributed by atoms with Crippen LogP contribution in [-0.4, -0.2) is 59.1 Å². The van der Waals surface area contributed by atoms with Gasteiger partial charge in [-0.3, -0.25) is 14.5 Å². The average molecular weight is 504 g/mol. The van der Waals surface area contributed by atoms with Gasteiger partial charge in [0.2, 0.25) is 0 Å². The normalized spacial score (nSPS) is 23.5. The number of anilines is 1. The van der Waals surface area contributed by atoms with Crippen LogP contribution in [0.3, 0.4) is 0 Å². The topological polar surface area (TPSA) is 70.5 Å². The molecule has 5 heterocycles. The van der Waals surface area contributed by atoms with E-state index in [1.54, 1.807) is 6.07 Å². The van der Waals surface area contributed by atoms with E-state index in [9.17, 15) is 9.59 Å². The predicted octanol–water partition coefficient (Wildman–Crippen LogP) is 3.81. The van der Waals surface area contributed by atoms with Crippen LogP contribution >= 0.6 is 11.3 Å². The SMILES string of the molecule is CCN1CCCC1CNC(=O)c1sc(N2CC3CC(C2)c2cccc(=O)n2C3)nc1-c1ccccc1. The number of fused-ring (bicyclic) bond motifs is 4. The first-order valence-corrected chi connectivity index (χ1v) is 14.0. The highest BCUT2D eigenvalue weighted by Gasteiger charge is 2.36. The zero-order valence-electron chi connectivity index (χ0n) is 20.7. The van der Waals surface area contributed by atoms with Gasteiger partial charge in [-0.15, -0.1) is 0 Å². The lowest BCUT2D eigenvalue weighted by Crippen LogP contribution is -2.47. The van der Waals surface area contributed by atoms with Gasteiger partial charge in [-0.2, -0.15) is 0 Å². The third-order valence-corrected chi connectivity index (χ3v) is 9.14. The van der Waals surface area contributed by atoms with Crippen molar-refractivity contribution in [2.75, 3.05) is 37.6 Å². The Labute approximate surface area is 215 Å². The fraction of sp³-hybridized carbons (Fsp3) is 0.464. The number of rotatable bonds is 6. The van der Waals surface area contributed by atoms with E-state index in [0.717, 1.165) is 67.6 Å². The molecule has 8 heteroatoms. The van der Waals surface area contributed by atoms with Crippen molar-refractivity contribution >= 4 is 22.4 Å². The van der Waals surface area contributed by atoms with Crippen molar-refractivity contribution in [1.29, 1.82) is 0 Å². The van der Waals surface area contributed by atoms with E-state index in [4.69, 9.17) is 4.98 Å². The fourth-order valence-corrected chi connectivity index (χ4v) is 7.30. The highest BCUT2D eigenvalue weighted by molar-refractivity contribution is 7.18. The molecule has 3 unspecified atom stereocenters. The molecule has 188 valence electrons. The van der Waals surface area contributed by atoms with Gasteiger partial charge in [-0.1, -0.05) is 54.7 Å². The molecule has 6 rings (SSSR count). The molecule has 1 aromatic carbocycles. The highest BCUT2D eigenvalue weighted by Crippen LogP contribution is 2.40. The van der Waals surface area contributed by atoms with Gasteiger partial charge < -0.3 is 14.8 Å². The average Bonchev–Trinajstić information content (AvgIpc) is 3.56. The van der Waals surface area contributed by atoms with Crippen molar-refractivity contribution in [3.63, 3.8) is 0 Å². The Bertz CT molecular complexity index is 1300. The van der Waals surface area contributed by atoms with Crippen LogP contribution < -0.4 is 15.8 Å². The summed E-state index contributed by atoms with van der Waals surface area (Å²) in [6, 6.07) is 16.1. The van der Waals surface area contributed by atoms with Gasteiger partial charge in [0.15, 0.2) is 5.13 Å². The molecule has 3 aromatic rings. The van der Waals surface area contributed by atoms with Gasteiger partial charge in [0, 0.05) is 55.5 Å². The van der Waals surface area contributed by atoms with Crippen LogP contribution in [0.5, 0.6) is 0 Å². The third-order valence-electron chi connectivity index (χ3n) is 8.02. The number of likely N-dealkylation sites (N-methyl/N-ethyl adjacent to an activating group) is 1. The van der Waals surface area contributed by atoms with Crippen molar-refractivity contribution in [3.8, 4) is 11.3 Å². The predicted molar refractivity (Wildman–Crippen MR) is 144 cm³/mol. The Morgan fingerprint density at radius 1 is 1.11 bits per heavy atom. The number of hydrogen-bond donors (Lipinski definition) is 1. The summed E-state index contributed by atoms with van der Waals surface area (Å²) in [4.78, 5) is 36.4. The van der Waals surface area contributed by atoms with Crippen molar-refractivity contribution in [2.45, 2.75) is 44.7 Å². The Hall–Kier alpha value is -2.97. The van der Waals surface area contributed by atoms with Crippen molar-refractivity contribution in [3.05, 3.63) is 69.5 Å². The number of carbonyl (C=O) groups is 1. The molecule has 0 spiro atoms. The Morgan fingerprint density at radius 3 is 2.81 bits per heavy atom. The van der Waals surface area contributed by atoms with Crippen LogP contribution in [0.4, 0.5) is 5.13 Å². The quantitative estimate of drug-likeness (QED) is 0.554. The van der Waals surface area contributed by atoms with Crippen LogP contribution in [0.2, 0.25) is 0 Å². The standard InChI is InChI=1S/C28H33N5O2S/c1-2-31-13-7-10-22(31)15-29-27(35)26-25(20-8-4-3-5-9-20)30-28(36-26)32-16-19-14-21(18-32)23-11-6-12-24(34)33(23)17-19/h3-6,8-9,11-12,19,21-22H,2,7,10,13-18H2,1H3,(H,29,35). The number of nitrogens with zero attached hydrogens (tertiary/aromatic N) is 4. The third kappa shape index (κ3) is 4.37. The minimum Gasteiger partial charge on any atom is -0.350 e. The number of thiazole rings is 1. The Morgan fingerprint density at radius 2 is 1.97 bits per heavy atom. The number of piperidine rings is 1. The molecule has 0 radical (unpaired) electrons. The van der Waals surface area contributed by atoms with Gasteiger partial charge in [0.05, 0.1) is 5.69 Å². The van der Waals surface area contributed by atoms with Gasteiger partial charge >= 0.3 is 0 Å². The van der Waals surface area contributed by atoms with Crippen LogP contribution in [0.15, 0.2) is 53.3 Å². The summed E-state index contributed by atoms with van der Waals surface area (Å²) >= 11 is 1.50. The molecule has 3 atom stereocenters. The molecule has 2 aromatic heterocycles. The molecule has 0 aliphatic carbocycles. The molecule has 1 amide bonds. The summed E-state index contributed by atoms with van der Waals surface area (Å²) in [5.41, 5.74) is 2.95. The maximum absolute atomic E-state index is 13.5. The number of carbonyl (C=O) groups excluding carboxylic acids is 1. The maximum Gasteiger partial charge on any atom is 0.263 e. The number of amides is 1. The maximum atomic E-state index is 13.5. The lowest BCUT2D eigenvalue weighted by atomic mass is 9.83. The molecule has 2 fully saturated rings. The summed E-state index contributed by atoms with van der Waals surface area (Å²) in [5.74, 6) is 0.671. The zero-order chi connectivity index (χ0) is 24.6. The molecular weight excluding hydrogens is 470 g/mol. The molecule has 7 nitrogen and oxygen atoms in total. The lowest BCUT2D eigenvalue weighted by Gasteiger charge is -2.42. The minimum absolute atomic E-state index is 0.0327. The number of benzene rings is 1. The number of nitrogens with one attached hydrogen (secondary N) is 1. The smallest absolute Gasteiger partial charge is 0.263 e. The van der Waals surface area contributed by atoms with E-state index in [1.807, 2.05) is 41.0 Å². The summed E-state index contributed by atoms with van der Waals surface area (Å²) in [6.45, 7) is 7.42. The van der Waals surface area contributed by atoms with E-state index in [1.165, 1.54) is 17.8 Å². The van der Waals surface area contributed by atoms with Gasteiger partial charge in [0.25, 0.3) is 11.5 Å². The molecular formula is C28H33N5O2S. The van der Waals surface area contributed by atoms with Gasteiger partial charge in [-0.05, 0) is 44.3 Å². The fourth-order valence-electron chi connectivity index (χ4n) is 6.28. The first kappa shape index (κ1) is 23.4. The number of pyridine rings is 1. The lowest BCUT2D eigenvalue weighted by molar-refractivity contribution is 0.0946. The van der Waals surface area contributed by atoms with Crippen LogP contribution in [-0.2, 0) is 6.54 Å². The number of aromatic nitrogens is 2. The van der Waals surface area contributed by atoms with Gasteiger partial charge in [0.1, 0.15) is 4.88 Å². The second kappa shape index (κ2) is 9.82. The van der Waals surface area contributed by atoms with Gasteiger partial charge in [-0.25, -0.2) is 4.98 Å². The largest absolute Gasteiger partial charge is 0.350 e. The first-order valence-electron chi connectivity index (χ1n) is 13.1. The summed E-state index contributed by atoms with van der Waals surface area (Å²) in [6.07, 6.45) is 3.43. The second-order valence-electron chi connectivity index (χ2n) is 10.3. The molecule has 2 bridgehead atoms. The molecule has 36 heavy (non-hydrogen) atoms. The monoisotopic (exact) mass is 503 g/mol. The Balaban J connectivity index is 1.27. The number of likely N-dealkylation sites (tertiary alicyclic amines) is 1. The van der Waals surface area contributed by atoms with E-state index in [0.29, 0.717) is 29.3 Å². The Kier molecular flexibility index (Phi) is 6.39. The van der Waals surface area contributed by atoms with E-state index in [2.05, 4.69) is 28.1 Å². The van der Waals surface area contributed by atoms with Crippen molar-refractivity contribution in [2.24, 2.45) is 5.92 Å². The summed E-state index contributed by atoms with van der Waals surface area (Å²) < 4.78 is 1.95. The van der Waals surface area contributed by atoms with Crippen LogP contribution in [0.25, 0.3) is 11.3 Å². The summed E-state index contributed by atoms with van der Waals surface area (Å²) in [7, 11) is 0. The zero-order valence-corrected chi connectivity index (χ0v) is 21.5. The van der Waals surface area contributed by atoms with Crippen LogP contribution in [0, 0.1) is 5.92 Å². The minimum atomic E-state index is -0.0327. The molecule has 0 saturated carbocycles. The van der Waals surface area contributed by atoms with E-state index >= 15 is 0 Å². The van der Waals surface area contributed by atoms with E-state index in [-0.39, 0.29) is 11.5 Å². The van der Waals surface area contributed by atoms with E-state index < -0.39 is 0 Å².